The number of methoxy groups -OCH3 is 2. The van der Waals surface area contributed by atoms with Crippen LogP contribution in [0, 0.1) is 0 Å². The van der Waals surface area contributed by atoms with Crippen LogP contribution >= 0.6 is 11.3 Å². The Morgan fingerprint density at radius 3 is 2.76 bits per heavy atom. The van der Waals surface area contributed by atoms with Crippen LogP contribution in [0.2, 0.25) is 0 Å². The third kappa shape index (κ3) is 4.09. The fourth-order valence-electron chi connectivity index (χ4n) is 2.55. The molecule has 6 heteroatoms. The molecule has 1 aromatic heterocycles. The van der Waals surface area contributed by atoms with Gasteiger partial charge < -0.3 is 14.8 Å². The highest BCUT2D eigenvalue weighted by molar-refractivity contribution is 7.18. The molecule has 0 radical (unpaired) electrons. The van der Waals surface area contributed by atoms with E-state index in [1.54, 1.807) is 43.8 Å². The Morgan fingerprint density at radius 1 is 1.16 bits per heavy atom. The molecule has 2 aromatic carbocycles. The predicted octanol–water partition coefficient (Wildman–Crippen LogP) is 3.68. The first-order valence-electron chi connectivity index (χ1n) is 8.06. The molecule has 3 rings (SSSR count). The van der Waals surface area contributed by atoms with E-state index in [0.29, 0.717) is 23.6 Å². The van der Waals surface area contributed by atoms with Crippen LogP contribution in [0.3, 0.4) is 0 Å². The highest BCUT2D eigenvalue weighted by Crippen LogP contribution is 2.25. The Morgan fingerprint density at radius 2 is 2.00 bits per heavy atom. The summed E-state index contributed by atoms with van der Waals surface area (Å²) in [6.07, 6.45) is 1.68. The minimum absolute atomic E-state index is 0.149. The third-order valence-corrected chi connectivity index (χ3v) is 4.94. The van der Waals surface area contributed by atoms with E-state index in [4.69, 9.17) is 9.47 Å². The zero-order valence-electron chi connectivity index (χ0n) is 14.2. The maximum absolute atomic E-state index is 12.3. The van der Waals surface area contributed by atoms with Crippen molar-refractivity contribution in [3.63, 3.8) is 0 Å². The van der Waals surface area contributed by atoms with Gasteiger partial charge in [0.2, 0.25) is 0 Å². The molecule has 0 unspecified atom stereocenters. The first-order chi connectivity index (χ1) is 12.2. The number of benzene rings is 2. The second kappa shape index (κ2) is 7.98. The summed E-state index contributed by atoms with van der Waals surface area (Å²) in [7, 11) is 3.12. The molecule has 0 aliphatic heterocycles. The molecule has 130 valence electrons. The molecule has 0 saturated heterocycles. The number of ether oxygens (including phenoxy) is 2. The number of aromatic nitrogens is 1. The normalized spacial score (nSPS) is 10.6. The van der Waals surface area contributed by atoms with E-state index in [1.165, 1.54) is 4.70 Å². The first kappa shape index (κ1) is 17.2. The lowest BCUT2D eigenvalue weighted by Crippen LogP contribution is -2.25. The van der Waals surface area contributed by atoms with E-state index in [1.807, 2.05) is 18.2 Å². The van der Waals surface area contributed by atoms with Crippen molar-refractivity contribution in [2.24, 2.45) is 0 Å². The van der Waals surface area contributed by atoms with E-state index in [-0.39, 0.29) is 5.91 Å². The number of nitrogens with one attached hydrogen (secondary N) is 1. The van der Waals surface area contributed by atoms with Crippen LogP contribution in [0.4, 0.5) is 0 Å². The van der Waals surface area contributed by atoms with Crippen LogP contribution in [-0.4, -0.2) is 31.7 Å². The Kier molecular flexibility index (Phi) is 5.50. The molecule has 3 aromatic rings. The van der Waals surface area contributed by atoms with Crippen LogP contribution in [0.1, 0.15) is 21.8 Å². The highest BCUT2D eigenvalue weighted by Gasteiger charge is 2.13. The zero-order valence-corrected chi connectivity index (χ0v) is 15.1. The fraction of sp³-hybridized carbons (Fsp3) is 0.263. The maximum atomic E-state index is 12.3. The zero-order chi connectivity index (χ0) is 17.6. The van der Waals surface area contributed by atoms with Crippen LogP contribution in [0.25, 0.3) is 10.2 Å². The van der Waals surface area contributed by atoms with Crippen LogP contribution in [-0.2, 0) is 6.42 Å². The number of rotatable bonds is 7. The average molecular weight is 356 g/mol. The maximum Gasteiger partial charge on any atom is 0.255 e. The minimum Gasteiger partial charge on any atom is -0.497 e. The van der Waals surface area contributed by atoms with Gasteiger partial charge in [-0.05, 0) is 30.7 Å². The molecule has 0 saturated carbocycles. The molecule has 0 aliphatic carbocycles. The molecule has 5 nitrogen and oxygen atoms in total. The lowest BCUT2D eigenvalue weighted by atomic mass is 10.1. The molecule has 25 heavy (non-hydrogen) atoms. The van der Waals surface area contributed by atoms with E-state index in [2.05, 4.69) is 16.4 Å². The summed E-state index contributed by atoms with van der Waals surface area (Å²) in [4.78, 5) is 16.9. The van der Waals surface area contributed by atoms with Crippen LogP contribution < -0.4 is 14.8 Å². The smallest absolute Gasteiger partial charge is 0.255 e. The van der Waals surface area contributed by atoms with E-state index >= 15 is 0 Å². The number of nitrogens with zero attached hydrogens (tertiary/aromatic N) is 1. The lowest BCUT2D eigenvalue weighted by Gasteiger charge is -2.10. The van der Waals surface area contributed by atoms with Gasteiger partial charge in [0.25, 0.3) is 5.91 Å². The second-order valence-corrected chi connectivity index (χ2v) is 6.62. The molecule has 0 aliphatic rings. The van der Waals surface area contributed by atoms with Crippen molar-refractivity contribution in [3.8, 4) is 11.5 Å². The summed E-state index contributed by atoms with van der Waals surface area (Å²) in [6, 6.07) is 13.3. The third-order valence-electron chi connectivity index (χ3n) is 3.84. The topological polar surface area (TPSA) is 60.5 Å². The highest BCUT2D eigenvalue weighted by atomic mass is 32.1. The number of amides is 1. The monoisotopic (exact) mass is 356 g/mol. The van der Waals surface area contributed by atoms with Gasteiger partial charge in [0, 0.05) is 19.0 Å². The summed E-state index contributed by atoms with van der Waals surface area (Å²) in [5.74, 6) is 1.01. The lowest BCUT2D eigenvalue weighted by molar-refractivity contribution is 0.0950. The summed E-state index contributed by atoms with van der Waals surface area (Å²) >= 11 is 1.70. The molecular weight excluding hydrogens is 336 g/mol. The fourth-order valence-corrected chi connectivity index (χ4v) is 3.56. The Balaban J connectivity index is 1.54. The van der Waals surface area contributed by atoms with Gasteiger partial charge in [-0.1, -0.05) is 12.1 Å². The van der Waals surface area contributed by atoms with Gasteiger partial charge in [0.1, 0.15) is 11.5 Å². The number of fused-ring (bicyclic) bond motifs is 1. The molecule has 1 heterocycles. The number of hydrogen-bond donors (Lipinski definition) is 1. The summed E-state index contributed by atoms with van der Waals surface area (Å²) in [5, 5.41) is 4.03. The number of para-hydroxylation sites is 1. The summed E-state index contributed by atoms with van der Waals surface area (Å²) in [5.41, 5.74) is 1.54. The molecule has 1 amide bonds. The molecule has 0 bridgehead atoms. The largest absolute Gasteiger partial charge is 0.497 e. The van der Waals surface area contributed by atoms with Gasteiger partial charge in [-0.3, -0.25) is 4.79 Å². The van der Waals surface area contributed by atoms with Crippen molar-refractivity contribution in [2.45, 2.75) is 12.8 Å². The van der Waals surface area contributed by atoms with Gasteiger partial charge in [-0.25, -0.2) is 4.98 Å². The molecular formula is C19H20N2O3S. The van der Waals surface area contributed by atoms with Gasteiger partial charge in [0.05, 0.1) is 35.0 Å². The number of carbonyl (C=O) groups excluding carboxylic acids is 1. The van der Waals surface area contributed by atoms with Gasteiger partial charge in [-0.2, -0.15) is 0 Å². The van der Waals surface area contributed by atoms with Crippen LogP contribution in [0.5, 0.6) is 11.5 Å². The molecule has 1 N–H and O–H groups in total. The Bertz CT molecular complexity index is 843. The van der Waals surface area contributed by atoms with E-state index < -0.39 is 0 Å². The van der Waals surface area contributed by atoms with Crippen molar-refractivity contribution < 1.29 is 14.3 Å². The van der Waals surface area contributed by atoms with Gasteiger partial charge >= 0.3 is 0 Å². The number of carbonyl (C=O) groups is 1. The van der Waals surface area contributed by atoms with Gasteiger partial charge in [-0.15, -0.1) is 11.3 Å². The SMILES string of the molecule is COc1ccc(C(=O)NCCCc2nc3ccccc3s2)c(OC)c1. The van der Waals surface area contributed by atoms with Crippen molar-refractivity contribution in [3.05, 3.63) is 53.0 Å². The van der Waals surface area contributed by atoms with Gasteiger partial charge in [0.15, 0.2) is 0 Å². The van der Waals surface area contributed by atoms with Crippen LogP contribution in [0.15, 0.2) is 42.5 Å². The van der Waals surface area contributed by atoms with Crippen molar-refractivity contribution in [2.75, 3.05) is 20.8 Å². The summed E-state index contributed by atoms with van der Waals surface area (Å²) < 4.78 is 11.6. The van der Waals surface area contributed by atoms with Crippen molar-refractivity contribution in [1.29, 1.82) is 0 Å². The average Bonchev–Trinajstić information content (AvgIpc) is 3.07. The first-order valence-corrected chi connectivity index (χ1v) is 8.87. The Hall–Kier alpha value is -2.60. The van der Waals surface area contributed by atoms with Crippen molar-refractivity contribution in [1.82, 2.24) is 10.3 Å². The standard InChI is InChI=1S/C19H20N2O3S/c1-23-13-9-10-14(16(12-13)24-2)19(22)20-11-5-8-18-21-15-6-3-4-7-17(15)25-18/h3-4,6-7,9-10,12H,5,8,11H2,1-2H3,(H,20,22). The second-order valence-electron chi connectivity index (χ2n) is 5.50. The molecule has 0 atom stereocenters. The van der Waals surface area contributed by atoms with E-state index in [0.717, 1.165) is 23.4 Å². The number of aryl methyl sites for hydroxylation is 1. The number of thiazole rings is 1. The number of hydrogen-bond acceptors (Lipinski definition) is 5. The predicted molar refractivity (Wildman–Crippen MR) is 99.8 cm³/mol. The quantitative estimate of drug-likeness (QED) is 0.656. The van der Waals surface area contributed by atoms with Crippen molar-refractivity contribution >= 4 is 27.5 Å². The molecule has 0 spiro atoms. The Labute approximate surface area is 150 Å². The minimum atomic E-state index is -0.149. The van der Waals surface area contributed by atoms with E-state index in [9.17, 15) is 4.79 Å². The summed E-state index contributed by atoms with van der Waals surface area (Å²) in [6.45, 7) is 0.587. The molecule has 0 fully saturated rings.